The van der Waals surface area contributed by atoms with Crippen molar-refractivity contribution in [3.63, 3.8) is 0 Å². The van der Waals surface area contributed by atoms with Gasteiger partial charge in [0.1, 0.15) is 0 Å². The summed E-state index contributed by atoms with van der Waals surface area (Å²) in [6, 6.07) is 0. The molecule has 0 bridgehead atoms. The normalized spacial score (nSPS) is 9.85. The zero-order chi connectivity index (χ0) is 9.94. The van der Waals surface area contributed by atoms with Gasteiger partial charge in [-0.3, -0.25) is 4.79 Å². The van der Waals surface area contributed by atoms with Crippen LogP contribution in [0.5, 0.6) is 0 Å². The second-order valence-electron chi connectivity index (χ2n) is 3.22. The van der Waals surface area contributed by atoms with E-state index in [1.54, 1.807) is 5.37 Å². The van der Waals surface area contributed by atoms with Crippen LogP contribution in [0.2, 0.25) is 0 Å². The first-order valence-electron chi connectivity index (χ1n) is 4.93. The van der Waals surface area contributed by atoms with Crippen molar-refractivity contribution in [3.05, 3.63) is 0 Å². The number of carboxylic acid groups (broad SMARTS) is 1. The Morgan fingerprint density at radius 3 is 2.15 bits per heavy atom. The molecule has 0 saturated heterocycles. The van der Waals surface area contributed by atoms with Gasteiger partial charge in [0.2, 0.25) is 0 Å². The number of hydrogen-bond acceptors (Lipinski definition) is 2. The van der Waals surface area contributed by atoms with Crippen LogP contribution in [0, 0.1) is 0 Å². The molecule has 0 aliphatic heterocycles. The Kier molecular flexibility index (Phi) is 9.32. The van der Waals surface area contributed by atoms with Crippen LogP contribution < -0.4 is 0 Å². The van der Waals surface area contributed by atoms with E-state index in [9.17, 15) is 4.79 Å². The molecule has 0 aliphatic rings. The molecule has 0 unspecified atom stereocenters. The van der Waals surface area contributed by atoms with Gasteiger partial charge in [-0.2, -0.15) is 0 Å². The van der Waals surface area contributed by atoms with E-state index in [1.807, 2.05) is 0 Å². The van der Waals surface area contributed by atoms with Crippen molar-refractivity contribution in [2.75, 3.05) is 0 Å². The van der Waals surface area contributed by atoms with Crippen molar-refractivity contribution >= 4 is 23.6 Å². The molecule has 0 fully saturated rings. The van der Waals surface area contributed by atoms with E-state index >= 15 is 0 Å². The SMILES string of the molecule is O=C(O)CCCCCCCCC=S. The molecule has 0 heterocycles. The highest BCUT2D eigenvalue weighted by Crippen LogP contribution is 2.07. The highest BCUT2D eigenvalue weighted by Gasteiger charge is 1.95. The topological polar surface area (TPSA) is 37.3 Å². The molecule has 0 spiro atoms. The van der Waals surface area contributed by atoms with Gasteiger partial charge >= 0.3 is 5.97 Å². The largest absolute Gasteiger partial charge is 0.481 e. The van der Waals surface area contributed by atoms with Crippen LogP contribution in [0.25, 0.3) is 0 Å². The fourth-order valence-corrected chi connectivity index (χ4v) is 1.38. The first kappa shape index (κ1) is 12.6. The molecule has 76 valence electrons. The van der Waals surface area contributed by atoms with Gasteiger partial charge in [-0.15, -0.1) is 0 Å². The van der Waals surface area contributed by atoms with Gasteiger partial charge in [0, 0.05) is 6.42 Å². The minimum absolute atomic E-state index is 0.319. The zero-order valence-electron chi connectivity index (χ0n) is 8.00. The monoisotopic (exact) mass is 202 g/mol. The molecule has 0 aliphatic carbocycles. The summed E-state index contributed by atoms with van der Waals surface area (Å²) in [5, 5.41) is 10.2. The van der Waals surface area contributed by atoms with Crippen LogP contribution in [-0.2, 0) is 4.79 Å². The predicted octanol–water partition coefficient (Wildman–Crippen LogP) is 3.19. The number of carbonyl (C=O) groups is 1. The summed E-state index contributed by atoms with van der Waals surface area (Å²) >= 11 is 4.71. The van der Waals surface area contributed by atoms with Gasteiger partial charge in [0.15, 0.2) is 0 Å². The van der Waals surface area contributed by atoms with Crippen LogP contribution >= 0.6 is 12.2 Å². The Morgan fingerprint density at radius 2 is 1.62 bits per heavy atom. The van der Waals surface area contributed by atoms with Gasteiger partial charge in [-0.25, -0.2) is 0 Å². The Hall–Kier alpha value is -0.440. The molecule has 0 rings (SSSR count). The van der Waals surface area contributed by atoms with E-state index in [1.165, 1.54) is 19.3 Å². The van der Waals surface area contributed by atoms with Crippen LogP contribution in [0.3, 0.4) is 0 Å². The lowest BCUT2D eigenvalue weighted by Crippen LogP contribution is -1.93. The first-order valence-corrected chi connectivity index (χ1v) is 5.40. The molecule has 0 atom stereocenters. The maximum absolute atomic E-state index is 10.2. The van der Waals surface area contributed by atoms with Crippen LogP contribution in [0.1, 0.15) is 51.4 Å². The Labute approximate surface area is 85.3 Å². The molecule has 0 saturated carbocycles. The standard InChI is InChI=1S/C10H18O2S/c11-10(12)8-6-4-2-1-3-5-7-9-13/h9H,1-8H2,(H,11,12). The lowest BCUT2D eigenvalue weighted by atomic mass is 10.1. The smallest absolute Gasteiger partial charge is 0.303 e. The Morgan fingerprint density at radius 1 is 1.08 bits per heavy atom. The van der Waals surface area contributed by atoms with E-state index in [0.29, 0.717) is 6.42 Å². The van der Waals surface area contributed by atoms with Gasteiger partial charge in [0.25, 0.3) is 0 Å². The predicted molar refractivity (Wildman–Crippen MR) is 58.2 cm³/mol. The Bertz CT molecular complexity index is 146. The van der Waals surface area contributed by atoms with Crippen molar-refractivity contribution in [1.82, 2.24) is 0 Å². The summed E-state index contributed by atoms with van der Waals surface area (Å²) in [6.45, 7) is 0. The number of thiocarbonyl (C=S) groups is 1. The summed E-state index contributed by atoms with van der Waals surface area (Å²) in [7, 11) is 0. The number of unbranched alkanes of at least 4 members (excludes halogenated alkanes) is 6. The molecule has 13 heavy (non-hydrogen) atoms. The fraction of sp³-hybridized carbons (Fsp3) is 0.800. The third-order valence-corrected chi connectivity index (χ3v) is 2.20. The molecule has 0 aromatic heterocycles. The third-order valence-electron chi connectivity index (χ3n) is 1.96. The number of rotatable bonds is 9. The van der Waals surface area contributed by atoms with Gasteiger partial charge in [-0.1, -0.05) is 37.9 Å². The second-order valence-corrected chi connectivity index (χ2v) is 3.55. The first-order chi connectivity index (χ1) is 6.27. The van der Waals surface area contributed by atoms with E-state index in [4.69, 9.17) is 17.3 Å². The third kappa shape index (κ3) is 11.6. The van der Waals surface area contributed by atoms with Gasteiger partial charge in [0.05, 0.1) is 0 Å². The van der Waals surface area contributed by atoms with Gasteiger partial charge in [-0.05, 0) is 24.6 Å². The van der Waals surface area contributed by atoms with Crippen molar-refractivity contribution < 1.29 is 9.90 Å². The number of hydrogen-bond donors (Lipinski definition) is 1. The molecule has 0 aromatic rings. The average molecular weight is 202 g/mol. The molecule has 3 heteroatoms. The highest BCUT2D eigenvalue weighted by molar-refractivity contribution is 7.78. The van der Waals surface area contributed by atoms with Crippen LogP contribution in [0.15, 0.2) is 0 Å². The summed E-state index contributed by atoms with van der Waals surface area (Å²) in [4.78, 5) is 10.2. The average Bonchev–Trinajstić information content (AvgIpc) is 2.09. The number of carboxylic acids is 1. The molecule has 0 radical (unpaired) electrons. The lowest BCUT2D eigenvalue weighted by molar-refractivity contribution is -0.137. The molecular weight excluding hydrogens is 184 g/mol. The summed E-state index contributed by atoms with van der Waals surface area (Å²) in [5.41, 5.74) is 0. The molecule has 0 aromatic carbocycles. The van der Waals surface area contributed by atoms with E-state index in [-0.39, 0.29) is 0 Å². The molecule has 0 amide bonds. The number of aliphatic carboxylic acids is 1. The Balaban J connectivity index is 2.91. The zero-order valence-corrected chi connectivity index (χ0v) is 8.81. The maximum atomic E-state index is 10.2. The lowest BCUT2D eigenvalue weighted by Gasteiger charge is -1.98. The van der Waals surface area contributed by atoms with E-state index in [0.717, 1.165) is 25.7 Å². The van der Waals surface area contributed by atoms with Crippen LogP contribution in [-0.4, -0.2) is 16.4 Å². The van der Waals surface area contributed by atoms with Crippen LogP contribution in [0.4, 0.5) is 0 Å². The molecular formula is C10H18O2S. The van der Waals surface area contributed by atoms with Crippen molar-refractivity contribution in [3.8, 4) is 0 Å². The summed E-state index contributed by atoms with van der Waals surface area (Å²) in [6.07, 6.45) is 7.99. The van der Waals surface area contributed by atoms with Crippen molar-refractivity contribution in [2.45, 2.75) is 51.4 Å². The summed E-state index contributed by atoms with van der Waals surface area (Å²) in [5.74, 6) is -0.680. The quantitative estimate of drug-likeness (QED) is 0.461. The highest BCUT2D eigenvalue weighted by atomic mass is 32.1. The maximum Gasteiger partial charge on any atom is 0.303 e. The van der Waals surface area contributed by atoms with Crippen molar-refractivity contribution in [2.24, 2.45) is 0 Å². The molecule has 1 N–H and O–H groups in total. The molecule has 2 nitrogen and oxygen atoms in total. The minimum Gasteiger partial charge on any atom is -0.481 e. The van der Waals surface area contributed by atoms with E-state index < -0.39 is 5.97 Å². The minimum atomic E-state index is -0.680. The summed E-state index contributed by atoms with van der Waals surface area (Å²) < 4.78 is 0. The van der Waals surface area contributed by atoms with E-state index in [2.05, 4.69) is 0 Å². The second kappa shape index (κ2) is 9.65. The van der Waals surface area contributed by atoms with Gasteiger partial charge < -0.3 is 5.11 Å². The van der Waals surface area contributed by atoms with Crippen molar-refractivity contribution in [1.29, 1.82) is 0 Å². The fourth-order valence-electron chi connectivity index (χ4n) is 1.21.